The number of nitrogens with zero attached hydrogens (tertiary/aromatic N) is 1. The molecule has 0 aromatic heterocycles. The molecule has 1 aliphatic rings. The van der Waals surface area contributed by atoms with E-state index in [1.165, 1.54) is 16.9 Å². The lowest BCUT2D eigenvalue weighted by Crippen LogP contribution is -2.31. The van der Waals surface area contributed by atoms with Crippen LogP contribution in [0.2, 0.25) is 0 Å². The maximum Gasteiger partial charge on any atom is 0.0643 e. The van der Waals surface area contributed by atoms with E-state index in [4.69, 9.17) is 0 Å². The Morgan fingerprint density at radius 3 is 2.71 bits per heavy atom. The van der Waals surface area contributed by atoms with Crippen molar-refractivity contribution in [3.8, 4) is 0 Å². The van der Waals surface area contributed by atoms with Crippen LogP contribution in [0.1, 0.15) is 19.4 Å². The number of benzene rings is 1. The minimum absolute atomic E-state index is 0.176. The van der Waals surface area contributed by atoms with Gasteiger partial charge in [0.2, 0.25) is 0 Å². The molecule has 0 atom stereocenters. The van der Waals surface area contributed by atoms with E-state index in [1.807, 2.05) is 0 Å². The van der Waals surface area contributed by atoms with Crippen molar-refractivity contribution < 1.29 is 0 Å². The highest BCUT2D eigenvalue weighted by Crippen LogP contribution is 2.44. The lowest BCUT2D eigenvalue weighted by atomic mass is 9.79. The molecule has 1 nitrogen and oxygen atoms in total. The van der Waals surface area contributed by atoms with E-state index in [2.05, 4.69) is 70.7 Å². The van der Waals surface area contributed by atoms with Crippen LogP contribution in [0.15, 0.2) is 36.5 Å². The fraction of sp³-hybridized carbons (Fsp3) is 0.333. The van der Waals surface area contributed by atoms with Crippen molar-refractivity contribution in [3.05, 3.63) is 42.1 Å². The van der Waals surface area contributed by atoms with E-state index in [9.17, 15) is 0 Å². The molecule has 0 bridgehead atoms. The smallest absolute Gasteiger partial charge is 0.0643 e. The van der Waals surface area contributed by atoms with Crippen LogP contribution in [0.5, 0.6) is 0 Å². The summed E-state index contributed by atoms with van der Waals surface area (Å²) in [6.07, 6.45) is 1.08. The number of hydrogen-bond donors (Lipinski definition) is 0. The van der Waals surface area contributed by atoms with Crippen LogP contribution in [0, 0.1) is 5.41 Å². The van der Waals surface area contributed by atoms with Crippen molar-refractivity contribution in [1.82, 2.24) is 0 Å². The normalized spacial score (nSPS) is 19.4. The fourth-order valence-electron chi connectivity index (χ4n) is 1.84. The average molecular weight is 299 g/mol. The van der Waals surface area contributed by atoms with Crippen LogP contribution in [-0.4, -0.2) is 0 Å². The molecule has 0 unspecified atom stereocenters. The Morgan fingerprint density at radius 2 is 2.00 bits per heavy atom. The molecule has 1 aliphatic heterocycles. The minimum Gasteiger partial charge on any atom is -0.287 e. The number of para-hydroxylation sites is 1. The van der Waals surface area contributed by atoms with Gasteiger partial charge >= 0.3 is 0 Å². The monoisotopic (exact) mass is 299 g/mol. The summed E-state index contributed by atoms with van der Waals surface area (Å²) < 4.78 is 2.18. The van der Waals surface area contributed by atoms with Crippen molar-refractivity contribution in [2.24, 2.45) is 5.41 Å². The molecule has 0 N–H and O–H groups in total. The van der Waals surface area contributed by atoms with Crippen molar-refractivity contribution in [2.45, 2.75) is 20.3 Å². The lowest BCUT2D eigenvalue weighted by molar-refractivity contribution is 0.433. The summed E-state index contributed by atoms with van der Waals surface area (Å²) in [6.45, 7) is 8.66. The SMILES string of the molecule is C=C1N(I)c2ccccc2CC1(C)C. The zero-order valence-corrected chi connectivity index (χ0v) is 10.7. The summed E-state index contributed by atoms with van der Waals surface area (Å²) in [6, 6.07) is 8.54. The Labute approximate surface area is 99.3 Å². The van der Waals surface area contributed by atoms with Crippen LogP contribution in [0.4, 0.5) is 5.69 Å². The van der Waals surface area contributed by atoms with Crippen molar-refractivity contribution in [2.75, 3.05) is 3.11 Å². The maximum atomic E-state index is 4.17. The van der Waals surface area contributed by atoms with Gasteiger partial charge in [0.25, 0.3) is 0 Å². The van der Waals surface area contributed by atoms with E-state index in [-0.39, 0.29) is 5.41 Å². The molecule has 1 aromatic rings. The number of hydrogen-bond acceptors (Lipinski definition) is 1. The predicted molar refractivity (Wildman–Crippen MR) is 69.6 cm³/mol. The highest BCUT2D eigenvalue weighted by molar-refractivity contribution is 14.1. The lowest BCUT2D eigenvalue weighted by Gasteiger charge is -2.39. The Hall–Kier alpha value is -0.510. The van der Waals surface area contributed by atoms with Crippen molar-refractivity contribution >= 4 is 28.6 Å². The molecule has 0 radical (unpaired) electrons. The molecule has 0 saturated carbocycles. The number of rotatable bonds is 0. The Kier molecular flexibility index (Phi) is 2.33. The third-order valence-electron chi connectivity index (χ3n) is 2.85. The third kappa shape index (κ3) is 1.45. The minimum atomic E-state index is 0.176. The first-order valence-electron chi connectivity index (χ1n) is 4.75. The second-order valence-electron chi connectivity index (χ2n) is 4.42. The number of halogens is 1. The summed E-state index contributed by atoms with van der Waals surface area (Å²) in [4.78, 5) is 0. The van der Waals surface area contributed by atoms with Crippen LogP contribution in [0.25, 0.3) is 0 Å². The zero-order valence-electron chi connectivity index (χ0n) is 8.55. The topological polar surface area (TPSA) is 3.24 Å². The predicted octanol–water partition coefficient (Wildman–Crippen LogP) is 3.94. The highest BCUT2D eigenvalue weighted by atomic mass is 127. The maximum absolute atomic E-state index is 4.17. The van der Waals surface area contributed by atoms with Gasteiger partial charge in [-0.15, -0.1) is 0 Å². The number of fused-ring (bicyclic) bond motifs is 1. The largest absolute Gasteiger partial charge is 0.287 e. The molecule has 14 heavy (non-hydrogen) atoms. The summed E-state index contributed by atoms with van der Waals surface area (Å²) in [5.74, 6) is 0. The number of allylic oxidation sites excluding steroid dienone is 1. The molecule has 0 fully saturated rings. The second kappa shape index (κ2) is 3.26. The molecule has 0 aliphatic carbocycles. The molecule has 2 rings (SSSR count). The van der Waals surface area contributed by atoms with Gasteiger partial charge in [-0.1, -0.05) is 38.6 Å². The van der Waals surface area contributed by atoms with E-state index < -0.39 is 0 Å². The first kappa shape index (κ1) is 10.0. The van der Waals surface area contributed by atoms with Gasteiger partial charge in [0.1, 0.15) is 0 Å². The van der Waals surface area contributed by atoms with Gasteiger partial charge in [0.15, 0.2) is 0 Å². The third-order valence-corrected chi connectivity index (χ3v) is 3.96. The second-order valence-corrected chi connectivity index (χ2v) is 5.38. The van der Waals surface area contributed by atoms with Crippen LogP contribution in [-0.2, 0) is 6.42 Å². The van der Waals surface area contributed by atoms with Gasteiger partial charge in [-0.25, -0.2) is 0 Å². The molecule has 2 heteroatoms. The molecule has 1 heterocycles. The standard InChI is InChI=1S/C12H14IN/c1-9-12(2,3)8-10-6-4-5-7-11(10)14(9)13/h4-7H,1,8H2,2-3H3. The van der Waals surface area contributed by atoms with Crippen LogP contribution in [0.3, 0.4) is 0 Å². The van der Waals surface area contributed by atoms with Crippen molar-refractivity contribution in [1.29, 1.82) is 0 Å². The summed E-state index contributed by atoms with van der Waals surface area (Å²) >= 11 is 2.33. The average Bonchev–Trinajstić information content (AvgIpc) is 2.14. The van der Waals surface area contributed by atoms with E-state index in [1.54, 1.807) is 0 Å². The molecule has 0 saturated heterocycles. The van der Waals surface area contributed by atoms with Gasteiger partial charge in [-0.2, -0.15) is 0 Å². The summed E-state index contributed by atoms with van der Waals surface area (Å²) in [5, 5.41) is 0. The first-order valence-corrected chi connectivity index (χ1v) is 5.72. The highest BCUT2D eigenvalue weighted by Gasteiger charge is 2.32. The van der Waals surface area contributed by atoms with E-state index in [0.29, 0.717) is 0 Å². The molecular formula is C12H14IN. The van der Waals surface area contributed by atoms with E-state index >= 15 is 0 Å². The zero-order chi connectivity index (χ0) is 10.3. The quantitative estimate of drug-likeness (QED) is 0.518. The van der Waals surface area contributed by atoms with Crippen molar-refractivity contribution in [3.63, 3.8) is 0 Å². The molecule has 0 amide bonds. The van der Waals surface area contributed by atoms with Gasteiger partial charge < -0.3 is 0 Å². The summed E-state index contributed by atoms with van der Waals surface area (Å²) in [5.41, 5.74) is 4.07. The van der Waals surface area contributed by atoms with E-state index in [0.717, 1.165) is 6.42 Å². The Balaban J connectivity index is 2.53. The fourth-order valence-corrected chi connectivity index (χ4v) is 2.96. The van der Waals surface area contributed by atoms with Crippen LogP contribution >= 0.6 is 22.9 Å². The van der Waals surface area contributed by atoms with Gasteiger partial charge in [-0.3, -0.25) is 3.11 Å². The molecule has 0 spiro atoms. The Morgan fingerprint density at radius 1 is 1.36 bits per heavy atom. The van der Waals surface area contributed by atoms with Gasteiger partial charge in [-0.05, 0) is 18.1 Å². The molecular weight excluding hydrogens is 285 g/mol. The molecule has 1 aromatic carbocycles. The van der Waals surface area contributed by atoms with Gasteiger partial charge in [0, 0.05) is 11.1 Å². The van der Waals surface area contributed by atoms with Crippen LogP contribution < -0.4 is 3.11 Å². The Bertz CT molecular complexity index is 382. The number of anilines is 1. The van der Waals surface area contributed by atoms with Gasteiger partial charge in [0.05, 0.1) is 28.6 Å². The molecule has 74 valence electrons. The summed E-state index contributed by atoms with van der Waals surface area (Å²) in [7, 11) is 0. The first-order chi connectivity index (χ1) is 6.52.